The average Bonchev–Trinajstić information content (AvgIpc) is 2.66. The summed E-state index contributed by atoms with van der Waals surface area (Å²) in [5, 5.41) is 0. The predicted molar refractivity (Wildman–Crippen MR) is 75.1 cm³/mol. The summed E-state index contributed by atoms with van der Waals surface area (Å²) in [6.07, 6.45) is 9.22. The maximum atomic E-state index is 2.49. The second-order valence-corrected chi connectivity index (χ2v) is 5.27. The van der Waals surface area contributed by atoms with Gasteiger partial charge in [-0.3, -0.25) is 0 Å². The summed E-state index contributed by atoms with van der Waals surface area (Å²) in [6.45, 7) is 11.1. The van der Waals surface area contributed by atoms with E-state index in [1.807, 2.05) is 13.8 Å². The first-order valence-electron chi connectivity index (χ1n) is 5.73. The molecular weight excluding hydrogens is 283 g/mol. The Kier molecular flexibility index (Phi) is 5.17. The van der Waals surface area contributed by atoms with Crippen LogP contribution in [0, 0.1) is 16.7 Å². The molecule has 0 aromatic carbocycles. The minimum absolute atomic E-state index is 0. The Hall–Kier alpha value is 0.470. The van der Waals surface area contributed by atoms with Crippen molar-refractivity contribution in [1.82, 2.24) is 0 Å². The van der Waals surface area contributed by atoms with Crippen molar-refractivity contribution in [1.29, 1.82) is 0 Å². The van der Waals surface area contributed by atoms with Crippen molar-refractivity contribution in [3.8, 4) is 0 Å². The number of rotatable bonds is 0. The largest absolute Gasteiger partial charge is 0.107 e. The van der Waals surface area contributed by atoms with E-state index in [1.165, 1.54) is 19.3 Å². The molecule has 1 saturated carbocycles. The van der Waals surface area contributed by atoms with Gasteiger partial charge >= 0.3 is 0 Å². The van der Waals surface area contributed by atoms with Gasteiger partial charge in [-0.1, -0.05) is 46.8 Å². The second kappa shape index (κ2) is 5.00. The molecule has 0 spiro atoms. The topological polar surface area (TPSA) is 0 Å². The van der Waals surface area contributed by atoms with E-state index >= 15 is 0 Å². The maximum absolute atomic E-state index is 2.49. The molecule has 0 nitrogen and oxygen atoms in total. The van der Waals surface area contributed by atoms with Gasteiger partial charge in [0.1, 0.15) is 0 Å². The molecule has 2 aliphatic rings. The Bertz CT molecular complexity index is 200. The molecule has 0 aromatic rings. The molecule has 0 amide bonds. The normalized spacial score (nSPS) is 33.4. The monoisotopic (exact) mass is 308 g/mol. The lowest BCUT2D eigenvalue weighted by atomic mass is 9.66. The molecule has 14 heavy (non-hydrogen) atoms. The van der Waals surface area contributed by atoms with Gasteiger partial charge in [0.05, 0.1) is 0 Å². The molecule has 2 unspecified atom stereocenters. The van der Waals surface area contributed by atoms with E-state index in [4.69, 9.17) is 0 Å². The van der Waals surface area contributed by atoms with Crippen LogP contribution < -0.4 is 0 Å². The van der Waals surface area contributed by atoms with Crippen LogP contribution in [0.2, 0.25) is 0 Å². The van der Waals surface area contributed by atoms with Crippen LogP contribution in [0.15, 0.2) is 12.2 Å². The highest BCUT2D eigenvalue weighted by atomic mass is 127. The van der Waals surface area contributed by atoms with E-state index in [9.17, 15) is 0 Å². The van der Waals surface area contributed by atoms with Crippen molar-refractivity contribution in [3.63, 3.8) is 0 Å². The zero-order valence-corrected chi connectivity index (χ0v) is 12.6. The number of hydrogen-bond donors (Lipinski definition) is 0. The van der Waals surface area contributed by atoms with Crippen LogP contribution in [-0.2, 0) is 0 Å². The maximum Gasteiger partial charge on any atom is -0.00638 e. The number of halogens is 1. The predicted octanol–water partition coefficient (Wildman–Crippen LogP) is 5.03. The van der Waals surface area contributed by atoms with Crippen LogP contribution >= 0.6 is 24.0 Å². The molecule has 2 atom stereocenters. The molecule has 0 saturated heterocycles. The summed E-state index contributed by atoms with van der Waals surface area (Å²) in [5.74, 6) is 0.925. The molecule has 0 aliphatic heterocycles. The van der Waals surface area contributed by atoms with E-state index in [2.05, 4.69) is 32.9 Å². The molecule has 84 valence electrons. The van der Waals surface area contributed by atoms with Crippen LogP contribution in [0.3, 0.4) is 0 Å². The molecule has 0 N–H and O–H groups in total. The quantitative estimate of drug-likeness (QED) is 0.435. The fourth-order valence-corrected chi connectivity index (χ4v) is 2.68. The van der Waals surface area contributed by atoms with E-state index in [0.717, 1.165) is 5.92 Å². The van der Waals surface area contributed by atoms with Gasteiger partial charge in [0.15, 0.2) is 0 Å². The SMILES string of the molecule is CC.CC(C)(C)C12C=CC(CC1)C2.I. The van der Waals surface area contributed by atoms with Gasteiger partial charge < -0.3 is 0 Å². The van der Waals surface area contributed by atoms with Crippen molar-refractivity contribution in [2.45, 2.75) is 53.9 Å². The Balaban J connectivity index is 0.000000531. The Labute approximate surface area is 107 Å². The highest BCUT2D eigenvalue weighted by Crippen LogP contribution is 2.58. The van der Waals surface area contributed by atoms with Crippen molar-refractivity contribution in [2.24, 2.45) is 16.7 Å². The first-order chi connectivity index (χ1) is 6.04. The molecular formula is C13H25I. The summed E-state index contributed by atoms with van der Waals surface area (Å²) in [4.78, 5) is 0. The van der Waals surface area contributed by atoms with Gasteiger partial charge in [0, 0.05) is 0 Å². The smallest absolute Gasteiger partial charge is 0.00638 e. The fraction of sp³-hybridized carbons (Fsp3) is 0.846. The molecule has 0 heterocycles. The van der Waals surface area contributed by atoms with Crippen LogP contribution in [0.25, 0.3) is 0 Å². The molecule has 1 fully saturated rings. The number of allylic oxidation sites excluding steroid dienone is 2. The minimum Gasteiger partial charge on any atom is -0.107 e. The van der Waals surface area contributed by atoms with Gasteiger partial charge in [0.25, 0.3) is 0 Å². The molecule has 2 aliphatic carbocycles. The molecule has 1 heteroatoms. The highest BCUT2D eigenvalue weighted by Gasteiger charge is 2.47. The molecule has 2 bridgehead atoms. The van der Waals surface area contributed by atoms with Gasteiger partial charge in [-0.05, 0) is 36.0 Å². The summed E-state index contributed by atoms with van der Waals surface area (Å²) in [7, 11) is 0. The van der Waals surface area contributed by atoms with Gasteiger partial charge in [0.2, 0.25) is 0 Å². The van der Waals surface area contributed by atoms with Crippen molar-refractivity contribution < 1.29 is 0 Å². The first-order valence-corrected chi connectivity index (χ1v) is 5.73. The molecule has 0 radical (unpaired) electrons. The highest BCUT2D eigenvalue weighted by molar-refractivity contribution is 14.0. The third-order valence-corrected chi connectivity index (χ3v) is 3.77. The van der Waals surface area contributed by atoms with Gasteiger partial charge in [-0.15, -0.1) is 24.0 Å². The van der Waals surface area contributed by atoms with E-state index < -0.39 is 0 Å². The van der Waals surface area contributed by atoms with E-state index in [1.54, 1.807) is 0 Å². The van der Waals surface area contributed by atoms with Crippen LogP contribution in [0.4, 0.5) is 0 Å². The van der Waals surface area contributed by atoms with Gasteiger partial charge in [-0.25, -0.2) is 0 Å². The Morgan fingerprint density at radius 1 is 1.21 bits per heavy atom. The molecule has 2 rings (SSSR count). The second-order valence-electron chi connectivity index (χ2n) is 5.27. The summed E-state index contributed by atoms with van der Waals surface area (Å²) >= 11 is 0. The van der Waals surface area contributed by atoms with Crippen LogP contribution in [0.5, 0.6) is 0 Å². The lowest BCUT2D eigenvalue weighted by Crippen LogP contribution is -2.29. The summed E-state index contributed by atoms with van der Waals surface area (Å²) in [6, 6.07) is 0. The van der Waals surface area contributed by atoms with Crippen molar-refractivity contribution in [3.05, 3.63) is 12.2 Å². The number of hydrogen-bond acceptors (Lipinski definition) is 0. The lowest BCUT2D eigenvalue weighted by molar-refractivity contribution is 0.157. The fourth-order valence-electron chi connectivity index (χ4n) is 2.68. The summed E-state index contributed by atoms with van der Waals surface area (Å²) in [5.41, 5.74) is 1.05. The average molecular weight is 308 g/mol. The van der Waals surface area contributed by atoms with Crippen LogP contribution in [-0.4, -0.2) is 0 Å². The third kappa shape index (κ3) is 2.34. The van der Waals surface area contributed by atoms with Gasteiger partial charge in [-0.2, -0.15) is 0 Å². The van der Waals surface area contributed by atoms with E-state index in [-0.39, 0.29) is 24.0 Å². The standard InChI is InChI=1S/C11H18.C2H6.HI/c1-10(2,3)11-6-4-9(8-11)5-7-11;1-2;/h4,6,9H,5,7-8H2,1-3H3;1-2H3;1H. The van der Waals surface area contributed by atoms with Crippen LogP contribution in [0.1, 0.15) is 53.9 Å². The number of fused-ring (bicyclic) bond motifs is 2. The molecule has 0 aromatic heterocycles. The zero-order chi connectivity index (χ0) is 10.1. The Morgan fingerprint density at radius 2 is 1.79 bits per heavy atom. The van der Waals surface area contributed by atoms with Crippen molar-refractivity contribution >= 4 is 24.0 Å². The zero-order valence-electron chi connectivity index (χ0n) is 10.3. The minimum atomic E-state index is 0. The van der Waals surface area contributed by atoms with E-state index in [0.29, 0.717) is 10.8 Å². The summed E-state index contributed by atoms with van der Waals surface area (Å²) < 4.78 is 0. The third-order valence-electron chi connectivity index (χ3n) is 3.77. The lowest BCUT2D eigenvalue weighted by Gasteiger charge is -2.38. The first kappa shape index (κ1) is 14.5. The van der Waals surface area contributed by atoms with Crippen molar-refractivity contribution in [2.75, 3.05) is 0 Å². The Morgan fingerprint density at radius 3 is 1.93 bits per heavy atom.